The smallest absolute Gasteiger partial charge is 0.152 e. The number of rotatable bonds is 3. The molecule has 4 nitrogen and oxygen atoms in total. The lowest BCUT2D eigenvalue weighted by Crippen LogP contribution is -2.44. The molecule has 0 amide bonds. The molecule has 0 radical (unpaired) electrons. The fourth-order valence-electron chi connectivity index (χ4n) is 2.25. The van der Waals surface area contributed by atoms with Crippen LogP contribution in [0.3, 0.4) is 0 Å². The van der Waals surface area contributed by atoms with Crippen LogP contribution in [-0.2, 0) is 9.84 Å². The summed E-state index contributed by atoms with van der Waals surface area (Å²) < 4.78 is 23.9. The van der Waals surface area contributed by atoms with Gasteiger partial charge in [0.1, 0.15) is 0 Å². The number of sulfone groups is 1. The molecule has 1 aromatic carbocycles. The van der Waals surface area contributed by atoms with E-state index in [0.717, 1.165) is 10.0 Å². The summed E-state index contributed by atoms with van der Waals surface area (Å²) in [6, 6.07) is 8.12. The molecule has 1 aromatic rings. The highest BCUT2D eigenvalue weighted by Gasteiger charge is 2.27. The van der Waals surface area contributed by atoms with E-state index in [0.29, 0.717) is 19.6 Å². The molecule has 0 saturated carbocycles. The minimum Gasteiger partial charge on any atom is -0.329 e. The molecule has 0 aromatic heterocycles. The molecule has 0 bridgehead atoms. The number of benzene rings is 1. The Morgan fingerprint density at radius 3 is 2.56 bits per heavy atom. The standard InChI is InChI=1S/C12H17BrN2O2S/c13-11-3-1-2-10(8-11)12(9-14)15-4-6-18(16,17)7-5-15/h1-3,8,12H,4-7,9,14H2. The van der Waals surface area contributed by atoms with Crippen LogP contribution in [0.1, 0.15) is 11.6 Å². The average Bonchev–Trinajstić information content (AvgIpc) is 2.32. The number of hydrogen-bond acceptors (Lipinski definition) is 4. The summed E-state index contributed by atoms with van der Waals surface area (Å²) in [6.07, 6.45) is 0. The maximum atomic E-state index is 11.4. The number of hydrogen-bond donors (Lipinski definition) is 1. The van der Waals surface area contributed by atoms with Crippen molar-refractivity contribution in [2.75, 3.05) is 31.1 Å². The predicted octanol–water partition coefficient (Wildman–Crippen LogP) is 1.18. The van der Waals surface area contributed by atoms with E-state index in [2.05, 4.69) is 20.8 Å². The summed E-state index contributed by atoms with van der Waals surface area (Å²) in [5, 5.41) is 0. The first-order valence-electron chi connectivity index (χ1n) is 5.92. The van der Waals surface area contributed by atoms with Crippen molar-refractivity contribution >= 4 is 25.8 Å². The lowest BCUT2D eigenvalue weighted by Gasteiger charge is -2.34. The lowest BCUT2D eigenvalue weighted by atomic mass is 10.1. The Bertz CT molecular complexity index is 505. The Morgan fingerprint density at radius 2 is 2.00 bits per heavy atom. The molecule has 100 valence electrons. The summed E-state index contributed by atoms with van der Waals surface area (Å²) in [5.74, 6) is 0.467. The van der Waals surface area contributed by atoms with Crippen molar-refractivity contribution in [1.29, 1.82) is 0 Å². The van der Waals surface area contributed by atoms with Crippen LogP contribution in [0.5, 0.6) is 0 Å². The van der Waals surface area contributed by atoms with Crippen molar-refractivity contribution in [3.63, 3.8) is 0 Å². The first kappa shape index (κ1) is 14.0. The summed E-state index contributed by atoms with van der Waals surface area (Å²) in [6.45, 7) is 1.63. The summed E-state index contributed by atoms with van der Waals surface area (Å²) in [5.41, 5.74) is 6.98. The molecule has 0 aliphatic carbocycles. The molecular weight excluding hydrogens is 316 g/mol. The molecule has 2 rings (SSSR count). The molecule has 0 spiro atoms. The zero-order valence-electron chi connectivity index (χ0n) is 10.0. The van der Waals surface area contributed by atoms with Gasteiger partial charge in [-0.1, -0.05) is 28.1 Å². The molecule has 1 saturated heterocycles. The third kappa shape index (κ3) is 3.32. The van der Waals surface area contributed by atoms with Crippen LogP contribution in [0.2, 0.25) is 0 Å². The van der Waals surface area contributed by atoms with Crippen LogP contribution >= 0.6 is 15.9 Å². The first-order chi connectivity index (χ1) is 8.52. The Morgan fingerprint density at radius 1 is 1.33 bits per heavy atom. The van der Waals surface area contributed by atoms with Crippen molar-refractivity contribution in [2.24, 2.45) is 5.73 Å². The van der Waals surface area contributed by atoms with Crippen molar-refractivity contribution in [3.8, 4) is 0 Å². The predicted molar refractivity (Wildman–Crippen MR) is 76.2 cm³/mol. The third-order valence-corrected chi connectivity index (χ3v) is 5.38. The topological polar surface area (TPSA) is 63.4 Å². The summed E-state index contributed by atoms with van der Waals surface area (Å²) in [4.78, 5) is 2.16. The van der Waals surface area contributed by atoms with E-state index in [1.165, 1.54) is 0 Å². The highest BCUT2D eigenvalue weighted by Crippen LogP contribution is 2.24. The Hall–Kier alpha value is -0.430. The van der Waals surface area contributed by atoms with E-state index in [9.17, 15) is 8.42 Å². The van der Waals surface area contributed by atoms with Crippen LogP contribution < -0.4 is 5.73 Å². The lowest BCUT2D eigenvalue weighted by molar-refractivity contribution is 0.219. The van der Waals surface area contributed by atoms with Crippen LogP contribution in [-0.4, -0.2) is 44.5 Å². The quantitative estimate of drug-likeness (QED) is 0.902. The van der Waals surface area contributed by atoms with Gasteiger partial charge < -0.3 is 5.73 Å². The number of nitrogens with two attached hydrogens (primary N) is 1. The van der Waals surface area contributed by atoms with Gasteiger partial charge in [-0.25, -0.2) is 8.42 Å². The van der Waals surface area contributed by atoms with Crippen LogP contribution in [0.4, 0.5) is 0 Å². The van der Waals surface area contributed by atoms with E-state index in [1.54, 1.807) is 0 Å². The number of halogens is 1. The molecule has 1 heterocycles. The second-order valence-electron chi connectivity index (χ2n) is 4.49. The van der Waals surface area contributed by atoms with Gasteiger partial charge in [-0.2, -0.15) is 0 Å². The molecule has 1 aliphatic rings. The minimum absolute atomic E-state index is 0.0954. The second-order valence-corrected chi connectivity index (χ2v) is 7.71. The highest BCUT2D eigenvalue weighted by molar-refractivity contribution is 9.10. The van der Waals surface area contributed by atoms with Gasteiger partial charge in [0.25, 0.3) is 0 Å². The fourth-order valence-corrected chi connectivity index (χ4v) is 3.89. The van der Waals surface area contributed by atoms with Gasteiger partial charge in [0.2, 0.25) is 0 Å². The molecule has 1 aliphatic heterocycles. The van der Waals surface area contributed by atoms with Crippen molar-refractivity contribution < 1.29 is 8.42 Å². The maximum absolute atomic E-state index is 11.4. The second kappa shape index (κ2) is 5.69. The fraction of sp³-hybridized carbons (Fsp3) is 0.500. The largest absolute Gasteiger partial charge is 0.329 e. The van der Waals surface area contributed by atoms with Crippen LogP contribution in [0.15, 0.2) is 28.7 Å². The normalized spacial score (nSPS) is 21.7. The third-order valence-electron chi connectivity index (χ3n) is 3.28. The van der Waals surface area contributed by atoms with Crippen LogP contribution in [0.25, 0.3) is 0 Å². The summed E-state index contributed by atoms with van der Waals surface area (Å²) in [7, 11) is -2.84. The Labute approximate surface area is 116 Å². The molecule has 1 atom stereocenters. The van der Waals surface area contributed by atoms with Gasteiger partial charge in [-0.15, -0.1) is 0 Å². The molecule has 1 fully saturated rings. The van der Waals surface area contributed by atoms with E-state index < -0.39 is 9.84 Å². The molecule has 1 unspecified atom stereocenters. The molecule has 6 heteroatoms. The maximum Gasteiger partial charge on any atom is 0.152 e. The monoisotopic (exact) mass is 332 g/mol. The first-order valence-corrected chi connectivity index (χ1v) is 8.53. The van der Waals surface area contributed by atoms with Crippen molar-refractivity contribution in [1.82, 2.24) is 4.90 Å². The van der Waals surface area contributed by atoms with Crippen molar-refractivity contribution in [2.45, 2.75) is 6.04 Å². The Kier molecular flexibility index (Phi) is 4.42. The average molecular weight is 333 g/mol. The van der Waals surface area contributed by atoms with Crippen molar-refractivity contribution in [3.05, 3.63) is 34.3 Å². The van der Waals surface area contributed by atoms with Gasteiger partial charge in [-0.3, -0.25) is 4.90 Å². The van der Waals surface area contributed by atoms with Gasteiger partial charge in [0.05, 0.1) is 11.5 Å². The summed E-state index contributed by atoms with van der Waals surface area (Å²) >= 11 is 3.45. The van der Waals surface area contributed by atoms with Gasteiger partial charge in [0, 0.05) is 30.1 Å². The SMILES string of the molecule is NCC(c1cccc(Br)c1)N1CCS(=O)(=O)CC1. The highest BCUT2D eigenvalue weighted by atomic mass is 79.9. The van der Waals surface area contributed by atoms with Gasteiger partial charge in [0.15, 0.2) is 9.84 Å². The minimum atomic E-state index is -2.84. The Balaban J connectivity index is 2.15. The molecule has 18 heavy (non-hydrogen) atoms. The van der Waals surface area contributed by atoms with Gasteiger partial charge in [-0.05, 0) is 17.7 Å². The van der Waals surface area contributed by atoms with E-state index in [-0.39, 0.29) is 17.5 Å². The molecular formula is C12H17BrN2O2S. The van der Waals surface area contributed by atoms with E-state index in [4.69, 9.17) is 5.73 Å². The van der Waals surface area contributed by atoms with E-state index >= 15 is 0 Å². The number of nitrogens with zero attached hydrogens (tertiary/aromatic N) is 1. The van der Waals surface area contributed by atoms with E-state index in [1.807, 2.05) is 24.3 Å². The van der Waals surface area contributed by atoms with Gasteiger partial charge >= 0.3 is 0 Å². The zero-order chi connectivity index (χ0) is 13.2. The zero-order valence-corrected chi connectivity index (χ0v) is 12.5. The molecule has 2 N–H and O–H groups in total. The van der Waals surface area contributed by atoms with Crippen LogP contribution in [0, 0.1) is 0 Å².